The summed E-state index contributed by atoms with van der Waals surface area (Å²) in [5, 5.41) is 2.77. The number of anilines is 1. The molecule has 25 heavy (non-hydrogen) atoms. The molecule has 2 aromatic rings. The zero-order chi connectivity index (χ0) is 18.4. The smallest absolute Gasteiger partial charge is 0.251 e. The molecule has 0 aliphatic carbocycles. The van der Waals surface area contributed by atoms with E-state index >= 15 is 0 Å². The van der Waals surface area contributed by atoms with Gasteiger partial charge in [-0.05, 0) is 49.2 Å². The first kappa shape index (κ1) is 18.9. The van der Waals surface area contributed by atoms with Crippen molar-refractivity contribution in [2.75, 3.05) is 10.5 Å². The van der Waals surface area contributed by atoms with Crippen molar-refractivity contribution in [3.8, 4) is 0 Å². The van der Waals surface area contributed by atoms with Crippen LogP contribution in [-0.2, 0) is 10.0 Å². The number of carbonyl (C=O) groups excluding carboxylic acids is 1. The number of rotatable bonds is 7. The number of hydrogen-bond acceptors (Lipinski definition) is 3. The Hall–Kier alpha value is -2.41. The summed E-state index contributed by atoms with van der Waals surface area (Å²) in [7, 11) is -3.42. The van der Waals surface area contributed by atoms with E-state index in [0.29, 0.717) is 23.2 Å². The highest BCUT2D eigenvalue weighted by atomic mass is 32.2. The molecule has 0 bridgehead atoms. The van der Waals surface area contributed by atoms with Gasteiger partial charge in [-0.25, -0.2) is 12.8 Å². The maximum atomic E-state index is 13.3. The average molecular weight is 364 g/mol. The maximum Gasteiger partial charge on any atom is 0.251 e. The highest BCUT2D eigenvalue weighted by molar-refractivity contribution is 7.92. The molecular weight excluding hydrogens is 343 g/mol. The molecule has 0 radical (unpaired) electrons. The quantitative estimate of drug-likeness (QED) is 0.790. The third kappa shape index (κ3) is 5.56. The Bertz CT molecular complexity index is 853. The molecule has 0 spiro atoms. The van der Waals surface area contributed by atoms with Gasteiger partial charge in [0.2, 0.25) is 10.0 Å². The van der Waals surface area contributed by atoms with Crippen LogP contribution in [0.1, 0.15) is 42.2 Å². The first-order valence-electron chi connectivity index (χ1n) is 7.97. The lowest BCUT2D eigenvalue weighted by atomic mass is 10.1. The Kier molecular flexibility index (Phi) is 6.14. The van der Waals surface area contributed by atoms with Crippen molar-refractivity contribution in [1.29, 1.82) is 0 Å². The number of hydrogen-bond donors (Lipinski definition) is 2. The third-order valence-corrected chi connectivity index (χ3v) is 5.06. The van der Waals surface area contributed by atoms with Gasteiger partial charge >= 0.3 is 0 Å². The highest BCUT2D eigenvalue weighted by Crippen LogP contribution is 2.16. The topological polar surface area (TPSA) is 75.3 Å². The average Bonchev–Trinajstić information content (AvgIpc) is 2.54. The first-order chi connectivity index (χ1) is 11.8. The number of halogens is 1. The molecule has 134 valence electrons. The van der Waals surface area contributed by atoms with Gasteiger partial charge in [-0.15, -0.1) is 0 Å². The van der Waals surface area contributed by atoms with Gasteiger partial charge in [0.05, 0.1) is 11.8 Å². The van der Waals surface area contributed by atoms with E-state index in [2.05, 4.69) is 10.0 Å². The van der Waals surface area contributed by atoms with Crippen molar-refractivity contribution >= 4 is 21.6 Å². The molecule has 0 aromatic heterocycles. The van der Waals surface area contributed by atoms with Gasteiger partial charge in [-0.2, -0.15) is 0 Å². The number of nitrogens with one attached hydrogen (secondary N) is 2. The zero-order valence-corrected chi connectivity index (χ0v) is 14.9. The third-order valence-electron chi connectivity index (χ3n) is 3.57. The summed E-state index contributed by atoms with van der Waals surface area (Å²) in [6.45, 7) is 3.53. The minimum atomic E-state index is -3.42. The SMILES string of the molecule is CCCS(=O)(=O)Nc1cccc(C(=O)N[C@H](C)c2cccc(F)c2)c1. The van der Waals surface area contributed by atoms with E-state index in [9.17, 15) is 17.6 Å². The molecule has 5 nitrogen and oxygen atoms in total. The lowest BCUT2D eigenvalue weighted by Crippen LogP contribution is -2.26. The van der Waals surface area contributed by atoms with Crippen LogP contribution in [-0.4, -0.2) is 20.1 Å². The largest absolute Gasteiger partial charge is 0.346 e. The van der Waals surface area contributed by atoms with Crippen molar-refractivity contribution < 1.29 is 17.6 Å². The zero-order valence-electron chi connectivity index (χ0n) is 14.1. The second-order valence-corrected chi connectivity index (χ2v) is 7.59. The molecule has 1 atom stereocenters. The van der Waals surface area contributed by atoms with E-state index in [4.69, 9.17) is 0 Å². The van der Waals surface area contributed by atoms with Crippen LogP contribution in [0.4, 0.5) is 10.1 Å². The molecule has 2 rings (SSSR count). The summed E-state index contributed by atoms with van der Waals surface area (Å²) in [5.74, 6) is -0.723. The van der Waals surface area contributed by atoms with Crippen LogP contribution in [0.3, 0.4) is 0 Å². The van der Waals surface area contributed by atoms with Gasteiger partial charge in [0.15, 0.2) is 0 Å². The van der Waals surface area contributed by atoms with Crippen LogP contribution in [0, 0.1) is 5.82 Å². The summed E-state index contributed by atoms with van der Waals surface area (Å²) in [6, 6.07) is 11.9. The van der Waals surface area contributed by atoms with Crippen molar-refractivity contribution in [3.05, 3.63) is 65.5 Å². The van der Waals surface area contributed by atoms with Gasteiger partial charge in [-0.1, -0.05) is 25.1 Å². The summed E-state index contributed by atoms with van der Waals surface area (Å²) in [6.07, 6.45) is 0.501. The maximum absolute atomic E-state index is 13.3. The van der Waals surface area contributed by atoms with Gasteiger partial charge < -0.3 is 5.32 Å². The van der Waals surface area contributed by atoms with Crippen molar-refractivity contribution in [3.63, 3.8) is 0 Å². The van der Waals surface area contributed by atoms with E-state index in [0.717, 1.165) is 0 Å². The second-order valence-electron chi connectivity index (χ2n) is 5.75. The summed E-state index contributed by atoms with van der Waals surface area (Å²) < 4.78 is 39.4. The number of sulfonamides is 1. The Morgan fingerprint density at radius 1 is 1.16 bits per heavy atom. The molecule has 0 saturated carbocycles. The molecule has 0 saturated heterocycles. The summed E-state index contributed by atoms with van der Waals surface area (Å²) in [4.78, 5) is 12.4. The van der Waals surface area contributed by atoms with E-state index in [1.807, 2.05) is 0 Å². The monoisotopic (exact) mass is 364 g/mol. The van der Waals surface area contributed by atoms with Crippen LogP contribution in [0.2, 0.25) is 0 Å². The predicted octanol–water partition coefficient (Wildman–Crippen LogP) is 3.47. The van der Waals surface area contributed by atoms with Crippen LogP contribution >= 0.6 is 0 Å². The van der Waals surface area contributed by atoms with Crippen LogP contribution in [0.5, 0.6) is 0 Å². The van der Waals surface area contributed by atoms with Gasteiger partial charge in [-0.3, -0.25) is 9.52 Å². The second kappa shape index (κ2) is 8.11. The molecule has 0 aliphatic heterocycles. The standard InChI is InChI=1S/C18H21FN2O3S/c1-3-10-25(23,24)21-17-9-5-7-15(12-17)18(22)20-13(2)14-6-4-8-16(19)11-14/h4-9,11-13,21H,3,10H2,1-2H3,(H,20,22)/t13-/m1/s1. The van der Waals surface area contributed by atoms with E-state index in [-0.39, 0.29) is 23.5 Å². The fourth-order valence-electron chi connectivity index (χ4n) is 2.36. The minimum absolute atomic E-state index is 0.0139. The molecule has 7 heteroatoms. The number of carbonyl (C=O) groups is 1. The first-order valence-corrected chi connectivity index (χ1v) is 9.63. The van der Waals surface area contributed by atoms with Gasteiger partial charge in [0.25, 0.3) is 5.91 Å². The lowest BCUT2D eigenvalue weighted by molar-refractivity contribution is 0.0940. The van der Waals surface area contributed by atoms with Gasteiger partial charge in [0.1, 0.15) is 5.82 Å². The van der Waals surface area contributed by atoms with Crippen LogP contribution in [0.15, 0.2) is 48.5 Å². The predicted molar refractivity (Wildman–Crippen MR) is 96.4 cm³/mol. The Morgan fingerprint density at radius 3 is 2.56 bits per heavy atom. The summed E-state index contributed by atoms with van der Waals surface area (Å²) in [5.41, 5.74) is 1.30. The Balaban J connectivity index is 2.10. The molecule has 0 unspecified atom stereocenters. The minimum Gasteiger partial charge on any atom is -0.346 e. The van der Waals surface area contributed by atoms with Crippen LogP contribution in [0.25, 0.3) is 0 Å². The van der Waals surface area contributed by atoms with Crippen LogP contribution < -0.4 is 10.0 Å². The fourth-order valence-corrected chi connectivity index (χ4v) is 3.49. The summed E-state index contributed by atoms with van der Waals surface area (Å²) >= 11 is 0. The number of benzene rings is 2. The lowest BCUT2D eigenvalue weighted by Gasteiger charge is -2.15. The molecular formula is C18H21FN2O3S. The highest BCUT2D eigenvalue weighted by Gasteiger charge is 2.14. The molecule has 2 N–H and O–H groups in total. The van der Waals surface area contributed by atoms with Gasteiger partial charge in [0, 0.05) is 11.3 Å². The number of amides is 1. The molecule has 0 aliphatic rings. The van der Waals surface area contributed by atoms with E-state index in [1.165, 1.54) is 18.2 Å². The van der Waals surface area contributed by atoms with E-state index in [1.54, 1.807) is 44.2 Å². The van der Waals surface area contributed by atoms with Crippen molar-refractivity contribution in [1.82, 2.24) is 5.32 Å². The fraction of sp³-hybridized carbons (Fsp3) is 0.278. The molecule has 0 fully saturated rings. The van der Waals surface area contributed by atoms with Crippen molar-refractivity contribution in [2.45, 2.75) is 26.3 Å². The Morgan fingerprint density at radius 2 is 1.88 bits per heavy atom. The Labute approximate surface area is 147 Å². The molecule has 0 heterocycles. The normalized spacial score (nSPS) is 12.4. The molecule has 2 aromatic carbocycles. The molecule has 1 amide bonds. The van der Waals surface area contributed by atoms with Crippen molar-refractivity contribution in [2.24, 2.45) is 0 Å². The van der Waals surface area contributed by atoms with E-state index < -0.39 is 10.0 Å².